The summed E-state index contributed by atoms with van der Waals surface area (Å²) < 4.78 is 0. The van der Waals surface area contributed by atoms with E-state index >= 15 is 0 Å². The summed E-state index contributed by atoms with van der Waals surface area (Å²) in [5.74, 6) is 0.343. The number of aryl methyl sites for hydroxylation is 2. The molecule has 0 atom stereocenters. The molecule has 22 heavy (non-hydrogen) atoms. The van der Waals surface area contributed by atoms with Crippen LogP contribution < -0.4 is 5.32 Å². The number of hydrogen-bond donors (Lipinski definition) is 1. The lowest BCUT2D eigenvalue weighted by Crippen LogP contribution is -2.13. The number of anilines is 1. The number of carbonyl (C=O) groups excluding carboxylic acids is 1. The molecule has 0 spiro atoms. The first-order valence-corrected chi connectivity index (χ1v) is 9.29. The maximum absolute atomic E-state index is 11.9. The number of unbranched alkanes of at least 4 members (excludes halogenated alkanes) is 2. The Labute approximate surface area is 139 Å². The fourth-order valence-corrected chi connectivity index (χ4v) is 3.37. The van der Waals surface area contributed by atoms with Crippen molar-refractivity contribution in [1.29, 1.82) is 0 Å². The summed E-state index contributed by atoms with van der Waals surface area (Å²) in [6.07, 6.45) is 4.47. The van der Waals surface area contributed by atoms with Crippen molar-refractivity contribution in [2.24, 2.45) is 0 Å². The molecule has 2 aromatic rings. The smallest absolute Gasteiger partial charge is 0.236 e. The molecule has 2 rings (SSSR count). The maximum atomic E-state index is 11.9. The molecule has 1 amide bonds. The summed E-state index contributed by atoms with van der Waals surface area (Å²) in [5.41, 5.74) is 1.22. The third-order valence-electron chi connectivity index (χ3n) is 3.10. The highest BCUT2D eigenvalue weighted by Gasteiger charge is 2.08. The number of benzene rings is 1. The SMILES string of the molecule is CCCCCc1nnc(NC(=O)CSc2ccc(C)cc2)s1. The average Bonchev–Trinajstić information content (AvgIpc) is 2.94. The van der Waals surface area contributed by atoms with E-state index in [9.17, 15) is 4.79 Å². The summed E-state index contributed by atoms with van der Waals surface area (Å²) in [7, 11) is 0. The first-order chi connectivity index (χ1) is 10.7. The van der Waals surface area contributed by atoms with Crippen LogP contribution in [0.15, 0.2) is 29.2 Å². The number of amides is 1. The molecule has 0 aliphatic carbocycles. The van der Waals surface area contributed by atoms with Gasteiger partial charge in [0.05, 0.1) is 5.75 Å². The number of aromatic nitrogens is 2. The second-order valence-corrected chi connectivity index (χ2v) is 7.22. The minimum Gasteiger partial charge on any atom is -0.300 e. The van der Waals surface area contributed by atoms with Gasteiger partial charge in [-0.1, -0.05) is 48.8 Å². The molecule has 0 aliphatic rings. The van der Waals surface area contributed by atoms with Crippen molar-refractivity contribution in [2.75, 3.05) is 11.1 Å². The molecule has 118 valence electrons. The van der Waals surface area contributed by atoms with Gasteiger partial charge in [-0.2, -0.15) is 0 Å². The molecular formula is C16H21N3OS2. The maximum Gasteiger partial charge on any atom is 0.236 e. The van der Waals surface area contributed by atoms with E-state index < -0.39 is 0 Å². The van der Waals surface area contributed by atoms with E-state index in [0.29, 0.717) is 10.9 Å². The van der Waals surface area contributed by atoms with Crippen LogP contribution in [0.2, 0.25) is 0 Å². The highest BCUT2D eigenvalue weighted by molar-refractivity contribution is 8.00. The van der Waals surface area contributed by atoms with Crippen LogP contribution in [-0.4, -0.2) is 21.9 Å². The van der Waals surface area contributed by atoms with E-state index in [1.807, 2.05) is 24.3 Å². The molecule has 0 unspecified atom stereocenters. The summed E-state index contributed by atoms with van der Waals surface area (Å²) in [5, 5.41) is 12.6. The summed E-state index contributed by atoms with van der Waals surface area (Å²) in [6.45, 7) is 4.23. The molecule has 1 aromatic heterocycles. The van der Waals surface area contributed by atoms with Crippen molar-refractivity contribution in [3.63, 3.8) is 0 Å². The summed E-state index contributed by atoms with van der Waals surface area (Å²) >= 11 is 3.00. The minimum absolute atomic E-state index is 0.0400. The molecule has 0 bridgehead atoms. The number of hydrogen-bond acceptors (Lipinski definition) is 5. The highest BCUT2D eigenvalue weighted by atomic mass is 32.2. The van der Waals surface area contributed by atoms with E-state index in [1.54, 1.807) is 0 Å². The Kier molecular flexibility index (Phi) is 6.86. The number of rotatable bonds is 8. The zero-order valence-corrected chi connectivity index (χ0v) is 14.6. The van der Waals surface area contributed by atoms with Crippen LogP contribution in [0.4, 0.5) is 5.13 Å². The van der Waals surface area contributed by atoms with Crippen molar-refractivity contribution < 1.29 is 4.79 Å². The van der Waals surface area contributed by atoms with Gasteiger partial charge in [-0.15, -0.1) is 22.0 Å². The molecule has 0 saturated carbocycles. The quantitative estimate of drug-likeness (QED) is 0.577. The number of nitrogens with one attached hydrogen (secondary N) is 1. The van der Waals surface area contributed by atoms with E-state index in [2.05, 4.69) is 29.4 Å². The third kappa shape index (κ3) is 5.77. The largest absolute Gasteiger partial charge is 0.300 e. The van der Waals surface area contributed by atoms with E-state index in [-0.39, 0.29) is 5.91 Å². The van der Waals surface area contributed by atoms with Gasteiger partial charge in [0.25, 0.3) is 0 Å². The summed E-state index contributed by atoms with van der Waals surface area (Å²) in [4.78, 5) is 13.0. The zero-order chi connectivity index (χ0) is 15.8. The molecule has 1 N–H and O–H groups in total. The van der Waals surface area contributed by atoms with Crippen LogP contribution in [0.25, 0.3) is 0 Å². The molecule has 1 heterocycles. The second-order valence-electron chi connectivity index (χ2n) is 5.11. The van der Waals surface area contributed by atoms with Crippen molar-refractivity contribution in [3.05, 3.63) is 34.8 Å². The molecule has 0 saturated heterocycles. The van der Waals surface area contributed by atoms with Crippen molar-refractivity contribution in [3.8, 4) is 0 Å². The normalized spacial score (nSPS) is 10.6. The number of nitrogens with zero attached hydrogens (tertiary/aromatic N) is 2. The lowest BCUT2D eigenvalue weighted by molar-refractivity contribution is -0.113. The molecule has 0 fully saturated rings. The van der Waals surface area contributed by atoms with Gasteiger partial charge in [-0.25, -0.2) is 0 Å². The van der Waals surface area contributed by atoms with E-state index in [0.717, 1.165) is 22.7 Å². The van der Waals surface area contributed by atoms with Crippen molar-refractivity contribution >= 4 is 34.1 Å². The van der Waals surface area contributed by atoms with Gasteiger partial charge < -0.3 is 0 Å². The lowest BCUT2D eigenvalue weighted by Gasteiger charge is -2.02. The fraction of sp³-hybridized carbons (Fsp3) is 0.438. The van der Waals surface area contributed by atoms with Crippen LogP contribution >= 0.6 is 23.1 Å². The first-order valence-electron chi connectivity index (χ1n) is 7.49. The Balaban J connectivity index is 1.75. The number of carbonyl (C=O) groups is 1. The molecule has 0 radical (unpaired) electrons. The fourth-order valence-electron chi connectivity index (χ4n) is 1.87. The Morgan fingerprint density at radius 1 is 1.23 bits per heavy atom. The Morgan fingerprint density at radius 3 is 2.73 bits per heavy atom. The van der Waals surface area contributed by atoms with Crippen LogP contribution in [0.1, 0.15) is 36.8 Å². The number of thioether (sulfide) groups is 1. The van der Waals surface area contributed by atoms with Crippen molar-refractivity contribution in [2.45, 2.75) is 44.4 Å². The van der Waals surface area contributed by atoms with Gasteiger partial charge in [-0.05, 0) is 25.5 Å². The molecule has 1 aromatic carbocycles. The summed E-state index contributed by atoms with van der Waals surface area (Å²) in [6, 6.07) is 8.16. The Morgan fingerprint density at radius 2 is 2.00 bits per heavy atom. The highest BCUT2D eigenvalue weighted by Crippen LogP contribution is 2.20. The van der Waals surface area contributed by atoms with Gasteiger partial charge in [0.1, 0.15) is 5.01 Å². The first kappa shape index (κ1) is 17.0. The van der Waals surface area contributed by atoms with Crippen LogP contribution in [-0.2, 0) is 11.2 Å². The van der Waals surface area contributed by atoms with Crippen molar-refractivity contribution in [1.82, 2.24) is 10.2 Å². The Hall–Kier alpha value is -1.40. The standard InChI is InChI=1S/C16H21N3OS2/c1-3-4-5-6-15-18-19-16(22-15)17-14(20)11-21-13-9-7-12(2)8-10-13/h7-10H,3-6,11H2,1-2H3,(H,17,19,20). The lowest BCUT2D eigenvalue weighted by atomic mass is 10.2. The predicted molar refractivity (Wildman–Crippen MR) is 93.7 cm³/mol. The molecule has 0 aliphatic heterocycles. The monoisotopic (exact) mass is 335 g/mol. The van der Waals surface area contributed by atoms with Gasteiger partial charge >= 0.3 is 0 Å². The van der Waals surface area contributed by atoms with Gasteiger partial charge in [-0.3, -0.25) is 10.1 Å². The van der Waals surface area contributed by atoms with Gasteiger partial charge in [0, 0.05) is 11.3 Å². The van der Waals surface area contributed by atoms with E-state index in [4.69, 9.17) is 0 Å². The second kappa shape index (κ2) is 8.90. The van der Waals surface area contributed by atoms with Crippen LogP contribution in [0, 0.1) is 6.92 Å². The van der Waals surface area contributed by atoms with Gasteiger partial charge in [0.15, 0.2) is 0 Å². The zero-order valence-electron chi connectivity index (χ0n) is 13.0. The molecule has 4 nitrogen and oxygen atoms in total. The topological polar surface area (TPSA) is 54.9 Å². The van der Waals surface area contributed by atoms with Crippen LogP contribution in [0.5, 0.6) is 0 Å². The Bertz CT molecular complexity index is 596. The van der Waals surface area contributed by atoms with Crippen LogP contribution in [0.3, 0.4) is 0 Å². The molecular weight excluding hydrogens is 314 g/mol. The average molecular weight is 335 g/mol. The van der Waals surface area contributed by atoms with Gasteiger partial charge in [0.2, 0.25) is 11.0 Å². The predicted octanol–water partition coefficient (Wildman–Crippen LogP) is 4.31. The molecule has 6 heteroatoms. The van der Waals surface area contributed by atoms with E-state index in [1.165, 1.54) is 41.5 Å². The minimum atomic E-state index is -0.0400. The third-order valence-corrected chi connectivity index (χ3v) is 5.01.